The minimum atomic E-state index is -1.29. The van der Waals surface area contributed by atoms with Crippen LogP contribution in [0.1, 0.15) is 37.0 Å². The highest BCUT2D eigenvalue weighted by Gasteiger charge is 2.80. The van der Waals surface area contributed by atoms with Gasteiger partial charge in [-0.3, -0.25) is 14.4 Å². The molecule has 3 fully saturated rings. The second-order valence-electron chi connectivity index (χ2n) is 14.0. The Bertz CT molecular complexity index is 1720. The number of carbonyl (C=O) groups is 3. The van der Waals surface area contributed by atoms with Crippen molar-refractivity contribution in [2.24, 2.45) is 17.8 Å². The molecule has 0 aromatic heterocycles. The van der Waals surface area contributed by atoms with E-state index < -0.39 is 35.1 Å². The zero-order valence-corrected chi connectivity index (χ0v) is 28.9. The van der Waals surface area contributed by atoms with Gasteiger partial charge in [0, 0.05) is 24.5 Å². The van der Waals surface area contributed by atoms with E-state index in [1.807, 2.05) is 107 Å². The maximum absolute atomic E-state index is 15.4. The summed E-state index contributed by atoms with van der Waals surface area (Å²) in [5.41, 5.74) is 1.90. The zero-order chi connectivity index (χ0) is 35.1. The van der Waals surface area contributed by atoms with Crippen molar-refractivity contribution in [2.75, 3.05) is 29.5 Å². The third-order valence-corrected chi connectivity index (χ3v) is 11.1. The van der Waals surface area contributed by atoms with E-state index in [2.05, 4.69) is 13.2 Å². The number of ether oxygens (including phenoxy) is 1. The van der Waals surface area contributed by atoms with Gasteiger partial charge in [0.1, 0.15) is 11.6 Å². The number of nitrogens with zero attached hydrogens (tertiary/aromatic N) is 3. The minimum absolute atomic E-state index is 0.142. The number of hydrogen-bond donors (Lipinski definition) is 1. The van der Waals surface area contributed by atoms with E-state index in [9.17, 15) is 9.90 Å². The van der Waals surface area contributed by atoms with Crippen LogP contribution in [0.2, 0.25) is 0 Å². The van der Waals surface area contributed by atoms with Crippen molar-refractivity contribution in [1.82, 2.24) is 4.90 Å². The lowest BCUT2D eigenvalue weighted by atomic mass is 9.62. The second-order valence-corrected chi connectivity index (χ2v) is 14.0. The number of benzene rings is 3. The van der Waals surface area contributed by atoms with Crippen molar-refractivity contribution in [3.8, 4) is 0 Å². The Morgan fingerprint density at radius 2 is 1.53 bits per heavy atom. The van der Waals surface area contributed by atoms with Gasteiger partial charge in [0.2, 0.25) is 11.8 Å². The number of aliphatic hydroxyl groups is 1. The molecule has 1 N–H and O–H groups in total. The molecule has 1 spiro atoms. The first-order valence-electron chi connectivity index (χ1n) is 17.2. The lowest BCUT2D eigenvalue weighted by Crippen LogP contribution is -2.59. The Morgan fingerprint density at radius 3 is 2.12 bits per heavy atom. The Balaban J connectivity index is 1.52. The van der Waals surface area contributed by atoms with Crippen LogP contribution in [0, 0.1) is 31.6 Å². The molecule has 0 saturated carbocycles. The summed E-state index contributed by atoms with van der Waals surface area (Å²) in [4.78, 5) is 50.3. The first-order chi connectivity index (χ1) is 23.5. The Morgan fingerprint density at radius 1 is 0.939 bits per heavy atom. The second kappa shape index (κ2) is 13.4. The van der Waals surface area contributed by atoms with Crippen molar-refractivity contribution in [2.45, 2.75) is 63.8 Å². The van der Waals surface area contributed by atoms with E-state index in [1.165, 1.54) is 0 Å². The number of para-hydroxylation sites is 2. The Kier molecular flexibility index (Phi) is 9.40. The molecule has 3 aromatic carbocycles. The summed E-state index contributed by atoms with van der Waals surface area (Å²) in [6.07, 6.45) is 4.11. The predicted octanol–water partition coefficient (Wildman–Crippen LogP) is 5.66. The van der Waals surface area contributed by atoms with E-state index in [1.54, 1.807) is 26.9 Å². The van der Waals surface area contributed by atoms with Crippen LogP contribution < -0.4 is 9.80 Å². The van der Waals surface area contributed by atoms with Crippen LogP contribution in [-0.2, 0) is 25.5 Å². The van der Waals surface area contributed by atoms with Gasteiger partial charge < -0.3 is 24.5 Å². The predicted molar refractivity (Wildman–Crippen MR) is 192 cm³/mol. The van der Waals surface area contributed by atoms with Crippen LogP contribution in [0.4, 0.5) is 11.4 Å². The highest BCUT2D eigenvalue weighted by atomic mass is 16.5. The van der Waals surface area contributed by atoms with Crippen molar-refractivity contribution in [1.29, 1.82) is 0 Å². The van der Waals surface area contributed by atoms with E-state index in [0.717, 1.165) is 22.4 Å². The number of amides is 3. The summed E-state index contributed by atoms with van der Waals surface area (Å²) in [6, 6.07) is 23.1. The molecule has 49 heavy (non-hydrogen) atoms. The summed E-state index contributed by atoms with van der Waals surface area (Å²) in [5.74, 6) is -2.83. The summed E-state index contributed by atoms with van der Waals surface area (Å²) in [7, 11) is 0. The number of hydrogen-bond acceptors (Lipinski definition) is 5. The van der Waals surface area contributed by atoms with Gasteiger partial charge in [-0.2, -0.15) is 0 Å². The lowest BCUT2D eigenvalue weighted by Gasteiger charge is -2.40. The van der Waals surface area contributed by atoms with Crippen LogP contribution in [0.15, 0.2) is 104 Å². The Labute approximate surface area is 289 Å². The van der Waals surface area contributed by atoms with Gasteiger partial charge in [-0.1, -0.05) is 85.8 Å². The molecule has 3 unspecified atom stereocenters. The average Bonchev–Trinajstić information content (AvgIpc) is 3.62. The number of fused-ring (bicyclic) bond motifs is 1. The van der Waals surface area contributed by atoms with Crippen LogP contribution in [-0.4, -0.2) is 70.7 Å². The SMILES string of the molecule is C=CCN(C(=O)[C@@H]1[C@H]2C(=O)N([C@@H](CO)Cc3ccccc3)C(C(=O)N(CC=C)c3c(C)cccc3C)C23CC(C)[C@@]1(C)O3)c1ccccc1. The monoisotopic (exact) mass is 661 g/mol. The third kappa shape index (κ3) is 5.51. The molecule has 8 heteroatoms. The van der Waals surface area contributed by atoms with Gasteiger partial charge in [-0.15, -0.1) is 13.2 Å². The first kappa shape index (κ1) is 34.3. The van der Waals surface area contributed by atoms with Crippen molar-refractivity contribution in [3.05, 3.63) is 121 Å². The van der Waals surface area contributed by atoms with Crippen molar-refractivity contribution in [3.63, 3.8) is 0 Å². The maximum Gasteiger partial charge on any atom is 0.253 e. The number of likely N-dealkylation sites (tertiary alicyclic amines) is 1. The van der Waals surface area contributed by atoms with Gasteiger partial charge in [0.15, 0.2) is 0 Å². The molecule has 0 radical (unpaired) electrons. The fourth-order valence-corrected chi connectivity index (χ4v) is 8.89. The van der Waals surface area contributed by atoms with Crippen LogP contribution in [0.25, 0.3) is 0 Å². The number of aliphatic hydroxyl groups excluding tert-OH is 1. The summed E-state index contributed by atoms with van der Waals surface area (Å²) in [6.45, 7) is 15.9. The smallest absolute Gasteiger partial charge is 0.253 e. The topological polar surface area (TPSA) is 90.4 Å². The van der Waals surface area contributed by atoms with Crippen LogP contribution >= 0.6 is 0 Å². The standard InChI is InChI=1S/C41H47N3O5/c1-7-22-42(31-20-13-10-14-21-31)37(46)33-34-38(47)44(32(26-45)24-30-18-11-9-12-19-30)36(41(34)25-29(5)40(33,6)49-41)39(48)43(23-8-2)35-27(3)16-15-17-28(35)4/h7-21,29,32-34,36,45H,1-2,22-26H2,3-6H3/t29?,32-,33+,34+,36?,40-,41?/m1/s1. The number of carbonyl (C=O) groups excluding carboxylic acids is 3. The van der Waals surface area contributed by atoms with Crippen molar-refractivity contribution < 1.29 is 24.2 Å². The van der Waals surface area contributed by atoms with E-state index in [-0.39, 0.29) is 43.3 Å². The lowest BCUT2D eigenvalue weighted by molar-refractivity contribution is -0.149. The first-order valence-corrected chi connectivity index (χ1v) is 17.2. The van der Waals surface area contributed by atoms with Crippen LogP contribution in [0.5, 0.6) is 0 Å². The summed E-state index contributed by atoms with van der Waals surface area (Å²) >= 11 is 0. The van der Waals surface area contributed by atoms with Gasteiger partial charge in [0.05, 0.1) is 30.1 Å². The molecule has 3 aromatic rings. The fraction of sp³-hybridized carbons (Fsp3) is 0.390. The van der Waals surface area contributed by atoms with Crippen LogP contribution in [0.3, 0.4) is 0 Å². The Hall–Kier alpha value is -4.53. The molecule has 8 nitrogen and oxygen atoms in total. The minimum Gasteiger partial charge on any atom is -0.394 e. The number of aryl methyl sites for hydroxylation is 2. The normalized spacial score (nSPS) is 27.4. The third-order valence-electron chi connectivity index (χ3n) is 11.1. The molecule has 3 amide bonds. The van der Waals surface area contributed by atoms with E-state index >= 15 is 9.59 Å². The highest BCUT2D eigenvalue weighted by molar-refractivity contribution is 6.07. The van der Waals surface area contributed by atoms with E-state index in [4.69, 9.17) is 4.74 Å². The van der Waals surface area contributed by atoms with Gasteiger partial charge >= 0.3 is 0 Å². The van der Waals surface area contributed by atoms with Gasteiger partial charge in [-0.25, -0.2) is 0 Å². The molecular weight excluding hydrogens is 614 g/mol. The molecule has 3 heterocycles. The zero-order valence-electron chi connectivity index (χ0n) is 28.9. The highest BCUT2D eigenvalue weighted by Crippen LogP contribution is 2.66. The van der Waals surface area contributed by atoms with E-state index in [0.29, 0.717) is 18.5 Å². The molecule has 3 saturated heterocycles. The maximum atomic E-state index is 15.4. The average molecular weight is 662 g/mol. The number of rotatable bonds is 12. The van der Waals surface area contributed by atoms with Gasteiger partial charge in [-0.05, 0) is 68.4 Å². The quantitative estimate of drug-likeness (QED) is 0.253. The largest absolute Gasteiger partial charge is 0.394 e. The molecule has 3 aliphatic rings. The van der Waals surface area contributed by atoms with Gasteiger partial charge in [0.25, 0.3) is 5.91 Å². The molecule has 3 aliphatic heterocycles. The summed E-state index contributed by atoms with van der Waals surface area (Å²) in [5, 5.41) is 11.0. The number of anilines is 2. The summed E-state index contributed by atoms with van der Waals surface area (Å²) < 4.78 is 7.09. The molecule has 2 bridgehead atoms. The molecule has 7 atom stereocenters. The molecule has 0 aliphatic carbocycles. The fourth-order valence-electron chi connectivity index (χ4n) is 8.89. The molecule has 6 rings (SSSR count). The van der Waals surface area contributed by atoms with Crippen molar-refractivity contribution >= 4 is 29.1 Å². The molecule has 256 valence electrons. The molecular formula is C41H47N3O5.